The van der Waals surface area contributed by atoms with Gasteiger partial charge in [-0.1, -0.05) is 0 Å². The predicted octanol–water partition coefficient (Wildman–Crippen LogP) is 0.558. The summed E-state index contributed by atoms with van der Waals surface area (Å²) in [7, 11) is 2.10. The van der Waals surface area contributed by atoms with E-state index in [1.807, 2.05) is 0 Å². The number of pyridine rings is 1. The molecule has 6 nitrogen and oxygen atoms in total. The lowest BCUT2D eigenvalue weighted by Gasteiger charge is -2.34. The van der Waals surface area contributed by atoms with E-state index in [0.717, 1.165) is 19.0 Å². The van der Waals surface area contributed by atoms with Crippen LogP contribution >= 0.6 is 0 Å². The lowest BCUT2D eigenvalue weighted by molar-refractivity contribution is -0.0334. The Hall–Kier alpha value is -1.66. The van der Waals surface area contributed by atoms with E-state index in [1.165, 1.54) is 19.0 Å². The van der Waals surface area contributed by atoms with Gasteiger partial charge in [-0.3, -0.25) is 9.59 Å². The van der Waals surface area contributed by atoms with Gasteiger partial charge >= 0.3 is 0 Å². The average molecular weight is 305 g/mol. The Labute approximate surface area is 130 Å². The number of nitrogens with zero attached hydrogens (tertiary/aromatic N) is 2. The van der Waals surface area contributed by atoms with Crippen LogP contribution in [-0.2, 0) is 4.74 Å². The van der Waals surface area contributed by atoms with Gasteiger partial charge in [0.25, 0.3) is 11.5 Å². The second-order valence-electron chi connectivity index (χ2n) is 6.32. The van der Waals surface area contributed by atoms with Crippen LogP contribution in [0.15, 0.2) is 23.1 Å². The normalized spacial score (nSPS) is 22.1. The number of carbonyl (C=O) groups excluding carboxylic acids is 1. The molecular formula is C16H23N3O3. The van der Waals surface area contributed by atoms with Crippen molar-refractivity contribution in [3.05, 3.63) is 34.2 Å². The Morgan fingerprint density at radius 2 is 2.27 bits per heavy atom. The number of H-pyrrole nitrogens is 1. The molecule has 1 atom stereocenters. The molecule has 6 heteroatoms. The van der Waals surface area contributed by atoms with Crippen molar-refractivity contribution in [1.29, 1.82) is 0 Å². The second-order valence-corrected chi connectivity index (χ2v) is 6.32. The zero-order chi connectivity index (χ0) is 15.5. The highest BCUT2D eigenvalue weighted by Crippen LogP contribution is 2.29. The van der Waals surface area contributed by atoms with Crippen molar-refractivity contribution in [2.75, 3.05) is 39.8 Å². The SMILES string of the molecule is CN(CC1CC1)CC1CN(C(=O)c2ccc[nH]c2=O)CCO1. The average Bonchev–Trinajstić information content (AvgIpc) is 3.31. The molecular weight excluding hydrogens is 282 g/mol. The molecule has 120 valence electrons. The van der Waals surface area contributed by atoms with E-state index >= 15 is 0 Å². The van der Waals surface area contributed by atoms with Crippen LogP contribution in [0.5, 0.6) is 0 Å². The Morgan fingerprint density at radius 1 is 1.45 bits per heavy atom. The summed E-state index contributed by atoms with van der Waals surface area (Å²) in [4.78, 5) is 30.8. The molecule has 1 aliphatic heterocycles. The molecule has 1 amide bonds. The molecule has 2 aliphatic rings. The van der Waals surface area contributed by atoms with E-state index in [4.69, 9.17) is 4.74 Å². The summed E-state index contributed by atoms with van der Waals surface area (Å²) < 4.78 is 5.78. The summed E-state index contributed by atoms with van der Waals surface area (Å²) in [6, 6.07) is 3.25. The number of morpholine rings is 1. The van der Waals surface area contributed by atoms with Crippen molar-refractivity contribution in [3.63, 3.8) is 0 Å². The van der Waals surface area contributed by atoms with Gasteiger partial charge in [-0.25, -0.2) is 0 Å². The Morgan fingerprint density at radius 3 is 3.00 bits per heavy atom. The van der Waals surface area contributed by atoms with Gasteiger partial charge in [0, 0.05) is 32.4 Å². The fourth-order valence-corrected chi connectivity index (χ4v) is 2.94. The van der Waals surface area contributed by atoms with Crippen LogP contribution in [0.1, 0.15) is 23.2 Å². The summed E-state index contributed by atoms with van der Waals surface area (Å²) in [5.41, 5.74) is -0.129. The van der Waals surface area contributed by atoms with Gasteiger partial charge in [-0.05, 0) is 37.9 Å². The number of hydrogen-bond acceptors (Lipinski definition) is 4. The maximum atomic E-state index is 12.5. The zero-order valence-electron chi connectivity index (χ0n) is 13.0. The maximum absolute atomic E-state index is 12.5. The highest BCUT2D eigenvalue weighted by molar-refractivity contribution is 5.93. The molecule has 1 saturated heterocycles. The minimum absolute atomic E-state index is 0.0178. The number of aromatic nitrogens is 1. The number of aromatic amines is 1. The van der Waals surface area contributed by atoms with Gasteiger partial charge in [0.05, 0.1) is 12.7 Å². The smallest absolute Gasteiger partial charge is 0.260 e. The summed E-state index contributed by atoms with van der Waals surface area (Å²) in [5, 5.41) is 0. The Kier molecular flexibility index (Phi) is 4.59. The van der Waals surface area contributed by atoms with Gasteiger partial charge in [-0.2, -0.15) is 0 Å². The number of likely N-dealkylation sites (N-methyl/N-ethyl adjacent to an activating group) is 1. The molecule has 1 N–H and O–H groups in total. The quantitative estimate of drug-likeness (QED) is 0.863. The summed E-state index contributed by atoms with van der Waals surface area (Å²) in [5.74, 6) is 0.634. The standard InChI is InChI=1S/C16H23N3O3/c1-18(9-12-4-5-12)10-13-11-19(7-8-22-13)16(21)14-3-2-6-17-15(14)20/h2-3,6,12-13H,4-5,7-11H2,1H3,(H,17,20). The molecule has 1 saturated carbocycles. The van der Waals surface area contributed by atoms with E-state index in [2.05, 4.69) is 16.9 Å². The number of ether oxygens (including phenoxy) is 1. The minimum Gasteiger partial charge on any atom is -0.373 e. The van der Waals surface area contributed by atoms with E-state index in [9.17, 15) is 9.59 Å². The van der Waals surface area contributed by atoms with Crippen LogP contribution in [-0.4, -0.2) is 66.6 Å². The fourth-order valence-electron chi connectivity index (χ4n) is 2.94. The second kappa shape index (κ2) is 6.62. The van der Waals surface area contributed by atoms with Gasteiger partial charge in [0.15, 0.2) is 0 Å². The molecule has 0 spiro atoms. The molecule has 0 radical (unpaired) electrons. The third-order valence-electron chi connectivity index (χ3n) is 4.26. The van der Waals surface area contributed by atoms with Crippen molar-refractivity contribution < 1.29 is 9.53 Å². The molecule has 1 aromatic heterocycles. The maximum Gasteiger partial charge on any atom is 0.260 e. The van der Waals surface area contributed by atoms with Crippen LogP contribution < -0.4 is 5.56 Å². The molecule has 1 aliphatic carbocycles. The first-order valence-electron chi connectivity index (χ1n) is 7.90. The van der Waals surface area contributed by atoms with Crippen molar-refractivity contribution in [1.82, 2.24) is 14.8 Å². The summed E-state index contributed by atoms with van der Waals surface area (Å²) in [6.07, 6.45) is 4.21. The molecule has 1 aromatic rings. The van der Waals surface area contributed by atoms with Crippen LogP contribution in [0.2, 0.25) is 0 Å². The van der Waals surface area contributed by atoms with E-state index in [0.29, 0.717) is 19.7 Å². The number of rotatable bonds is 5. The molecule has 2 fully saturated rings. The van der Waals surface area contributed by atoms with Gasteiger partial charge in [-0.15, -0.1) is 0 Å². The Balaban J connectivity index is 1.58. The molecule has 22 heavy (non-hydrogen) atoms. The summed E-state index contributed by atoms with van der Waals surface area (Å²) in [6.45, 7) is 3.54. The molecule has 0 aromatic carbocycles. The number of carbonyl (C=O) groups is 1. The van der Waals surface area contributed by atoms with E-state index in [-0.39, 0.29) is 23.1 Å². The highest BCUT2D eigenvalue weighted by atomic mass is 16.5. The zero-order valence-corrected chi connectivity index (χ0v) is 13.0. The van der Waals surface area contributed by atoms with Crippen molar-refractivity contribution in [2.45, 2.75) is 18.9 Å². The van der Waals surface area contributed by atoms with Gasteiger partial charge < -0.3 is 19.5 Å². The van der Waals surface area contributed by atoms with Gasteiger partial charge in [0.1, 0.15) is 5.56 Å². The van der Waals surface area contributed by atoms with Crippen LogP contribution in [0.25, 0.3) is 0 Å². The van der Waals surface area contributed by atoms with Crippen molar-refractivity contribution in [3.8, 4) is 0 Å². The largest absolute Gasteiger partial charge is 0.373 e. The molecule has 3 rings (SSSR count). The molecule has 2 heterocycles. The van der Waals surface area contributed by atoms with E-state index < -0.39 is 0 Å². The third-order valence-corrected chi connectivity index (χ3v) is 4.26. The summed E-state index contributed by atoms with van der Waals surface area (Å²) >= 11 is 0. The first-order chi connectivity index (χ1) is 10.6. The van der Waals surface area contributed by atoms with Crippen molar-refractivity contribution >= 4 is 5.91 Å². The fraction of sp³-hybridized carbons (Fsp3) is 0.625. The van der Waals surface area contributed by atoms with Crippen LogP contribution in [0, 0.1) is 5.92 Å². The van der Waals surface area contributed by atoms with Crippen LogP contribution in [0.4, 0.5) is 0 Å². The van der Waals surface area contributed by atoms with Crippen molar-refractivity contribution in [2.24, 2.45) is 5.92 Å². The Bertz CT molecular complexity index is 582. The predicted molar refractivity (Wildman–Crippen MR) is 82.9 cm³/mol. The van der Waals surface area contributed by atoms with Crippen LogP contribution in [0.3, 0.4) is 0 Å². The topological polar surface area (TPSA) is 65.6 Å². The third kappa shape index (κ3) is 3.75. The number of hydrogen-bond donors (Lipinski definition) is 1. The van der Waals surface area contributed by atoms with E-state index in [1.54, 1.807) is 17.0 Å². The first kappa shape index (κ1) is 15.2. The van der Waals surface area contributed by atoms with Gasteiger partial charge in [0.2, 0.25) is 0 Å². The monoisotopic (exact) mass is 305 g/mol. The lowest BCUT2D eigenvalue weighted by Crippen LogP contribution is -2.50. The number of amides is 1. The molecule has 0 bridgehead atoms. The minimum atomic E-state index is -0.332. The number of nitrogens with one attached hydrogen (secondary N) is 1. The highest BCUT2D eigenvalue weighted by Gasteiger charge is 2.28. The lowest BCUT2D eigenvalue weighted by atomic mass is 10.2. The molecule has 1 unspecified atom stereocenters. The first-order valence-corrected chi connectivity index (χ1v) is 7.90.